The molecule has 160 valence electrons. The zero-order chi connectivity index (χ0) is 21.7. The molecule has 1 unspecified atom stereocenters. The molecule has 0 fully saturated rings. The van der Waals surface area contributed by atoms with Gasteiger partial charge in [0, 0.05) is 11.3 Å². The Morgan fingerprint density at radius 1 is 1.10 bits per heavy atom. The summed E-state index contributed by atoms with van der Waals surface area (Å²) in [5, 5.41) is 5.91. The molecular weight excluding hydrogens is 419 g/mol. The van der Waals surface area contributed by atoms with Crippen LogP contribution in [-0.2, 0) is 9.53 Å². The van der Waals surface area contributed by atoms with Crippen molar-refractivity contribution in [2.75, 3.05) is 19.8 Å². The molecule has 2 rings (SSSR count). The molecule has 0 aliphatic carbocycles. The van der Waals surface area contributed by atoms with Crippen molar-refractivity contribution in [2.45, 2.75) is 40.7 Å². The van der Waals surface area contributed by atoms with Gasteiger partial charge in [-0.05, 0) is 32.8 Å². The average molecular weight is 445 g/mol. The molecule has 2 amide bonds. The number of rotatable bonds is 8. The molecular formula is C20H26Cl2N2O5. The van der Waals surface area contributed by atoms with Crippen molar-refractivity contribution in [3.63, 3.8) is 0 Å². The molecule has 7 nitrogen and oxygen atoms in total. The third-order valence-electron chi connectivity index (χ3n) is 4.22. The van der Waals surface area contributed by atoms with E-state index in [0.29, 0.717) is 30.2 Å². The van der Waals surface area contributed by atoms with Gasteiger partial charge >= 0.3 is 12.0 Å². The molecule has 0 saturated heterocycles. The van der Waals surface area contributed by atoms with E-state index >= 15 is 0 Å². The highest BCUT2D eigenvalue weighted by molar-refractivity contribution is 6.38. The lowest BCUT2D eigenvalue weighted by atomic mass is 9.91. The number of carbonyl (C=O) groups is 2. The highest BCUT2D eigenvalue weighted by atomic mass is 35.5. The second-order valence-electron chi connectivity index (χ2n) is 6.52. The molecule has 2 N–H and O–H groups in total. The maximum absolute atomic E-state index is 12.8. The SMILES string of the molecule is CCOC(=O)C1=C(C(C)C)NC(=O)NC1c1cc(Cl)c(OCC)c(Cl)c1OCC. The van der Waals surface area contributed by atoms with Crippen LogP contribution in [0.5, 0.6) is 11.5 Å². The van der Waals surface area contributed by atoms with Crippen LogP contribution < -0.4 is 20.1 Å². The van der Waals surface area contributed by atoms with E-state index in [4.69, 9.17) is 37.4 Å². The van der Waals surface area contributed by atoms with Gasteiger partial charge in [-0.2, -0.15) is 0 Å². The summed E-state index contributed by atoms with van der Waals surface area (Å²) in [6, 6.07) is 0.291. The number of ether oxygens (including phenoxy) is 3. The number of carbonyl (C=O) groups excluding carboxylic acids is 2. The average Bonchev–Trinajstić information content (AvgIpc) is 2.66. The number of allylic oxidation sites excluding steroid dienone is 1. The van der Waals surface area contributed by atoms with E-state index in [1.54, 1.807) is 19.9 Å². The molecule has 0 bridgehead atoms. The summed E-state index contributed by atoms with van der Waals surface area (Å²) in [6.07, 6.45) is 0. The van der Waals surface area contributed by atoms with Gasteiger partial charge < -0.3 is 24.8 Å². The Hall–Kier alpha value is -2.12. The van der Waals surface area contributed by atoms with Crippen molar-refractivity contribution in [3.05, 3.63) is 32.9 Å². The fourth-order valence-electron chi connectivity index (χ4n) is 3.09. The van der Waals surface area contributed by atoms with Crippen molar-refractivity contribution >= 4 is 35.2 Å². The largest absolute Gasteiger partial charge is 0.492 e. The Bertz CT molecular complexity index is 824. The van der Waals surface area contributed by atoms with Crippen LogP contribution in [0, 0.1) is 5.92 Å². The number of hydrogen-bond acceptors (Lipinski definition) is 5. The predicted molar refractivity (Wildman–Crippen MR) is 112 cm³/mol. The molecule has 1 aliphatic heterocycles. The first-order chi connectivity index (χ1) is 13.8. The van der Waals surface area contributed by atoms with Crippen LogP contribution >= 0.6 is 23.2 Å². The third-order valence-corrected chi connectivity index (χ3v) is 4.85. The molecule has 0 spiro atoms. The van der Waals surface area contributed by atoms with Crippen LogP contribution in [0.1, 0.15) is 46.2 Å². The minimum Gasteiger partial charge on any atom is -0.492 e. The molecule has 1 aromatic rings. The fourth-order valence-corrected chi connectivity index (χ4v) is 3.73. The van der Waals surface area contributed by atoms with Crippen LogP contribution in [0.4, 0.5) is 4.79 Å². The molecule has 1 aromatic carbocycles. The van der Waals surface area contributed by atoms with Crippen molar-refractivity contribution in [1.29, 1.82) is 0 Å². The van der Waals surface area contributed by atoms with Gasteiger partial charge in [0.15, 0.2) is 5.75 Å². The zero-order valence-electron chi connectivity index (χ0n) is 17.2. The fraction of sp³-hybridized carbons (Fsp3) is 0.500. The lowest BCUT2D eigenvalue weighted by Crippen LogP contribution is -2.47. The Morgan fingerprint density at radius 3 is 2.28 bits per heavy atom. The van der Waals surface area contributed by atoms with E-state index in [1.807, 2.05) is 20.8 Å². The lowest BCUT2D eigenvalue weighted by Gasteiger charge is -2.32. The Balaban J connectivity index is 2.75. The minimum absolute atomic E-state index is 0.132. The third kappa shape index (κ3) is 4.90. The van der Waals surface area contributed by atoms with E-state index in [0.717, 1.165) is 0 Å². The minimum atomic E-state index is -0.854. The van der Waals surface area contributed by atoms with Crippen LogP contribution in [0.2, 0.25) is 10.0 Å². The predicted octanol–water partition coefficient (Wildman–Crippen LogP) is 4.62. The van der Waals surface area contributed by atoms with E-state index in [1.165, 1.54) is 0 Å². The molecule has 1 heterocycles. The second-order valence-corrected chi connectivity index (χ2v) is 7.31. The number of benzene rings is 1. The first-order valence-electron chi connectivity index (χ1n) is 9.52. The van der Waals surface area contributed by atoms with Gasteiger partial charge in [0.1, 0.15) is 10.8 Å². The first-order valence-corrected chi connectivity index (χ1v) is 10.3. The van der Waals surface area contributed by atoms with Gasteiger partial charge in [-0.15, -0.1) is 0 Å². The van der Waals surface area contributed by atoms with Crippen LogP contribution in [0.3, 0.4) is 0 Å². The number of urea groups is 1. The second kappa shape index (κ2) is 10.1. The summed E-state index contributed by atoms with van der Waals surface area (Å²) in [7, 11) is 0. The van der Waals surface area contributed by atoms with Gasteiger partial charge in [0.2, 0.25) is 0 Å². The number of nitrogens with one attached hydrogen (secondary N) is 2. The van der Waals surface area contributed by atoms with Gasteiger partial charge in [-0.25, -0.2) is 9.59 Å². The number of amides is 2. The Kier molecular flexibility index (Phi) is 8.05. The van der Waals surface area contributed by atoms with Crippen molar-refractivity contribution < 1.29 is 23.8 Å². The Morgan fingerprint density at radius 2 is 1.72 bits per heavy atom. The Labute approximate surface area is 180 Å². The summed E-state index contributed by atoms with van der Waals surface area (Å²) in [4.78, 5) is 25.2. The summed E-state index contributed by atoms with van der Waals surface area (Å²) in [5.41, 5.74) is 1.20. The molecule has 9 heteroatoms. The van der Waals surface area contributed by atoms with E-state index in [9.17, 15) is 9.59 Å². The lowest BCUT2D eigenvalue weighted by molar-refractivity contribution is -0.139. The summed E-state index contributed by atoms with van der Waals surface area (Å²) in [6.45, 7) is 9.94. The van der Waals surface area contributed by atoms with Crippen molar-refractivity contribution in [2.24, 2.45) is 5.92 Å². The van der Waals surface area contributed by atoms with Gasteiger partial charge in [-0.1, -0.05) is 37.0 Å². The summed E-state index contributed by atoms with van der Waals surface area (Å²) < 4.78 is 16.6. The standard InChI is InChI=1S/C20H26Cl2N2O5/c1-6-27-17-11(9-12(21)18(14(17)22)28-7-2)16-13(19(25)29-8-3)15(10(4)5)23-20(26)24-16/h9-10,16H,6-8H2,1-5H3,(H2,23,24,26). The van der Waals surface area contributed by atoms with E-state index in [-0.39, 0.29) is 33.9 Å². The van der Waals surface area contributed by atoms with E-state index in [2.05, 4.69) is 10.6 Å². The molecule has 1 atom stereocenters. The number of halogens is 2. The van der Waals surface area contributed by atoms with Gasteiger partial charge in [-0.3, -0.25) is 0 Å². The number of esters is 1. The van der Waals surface area contributed by atoms with Crippen molar-refractivity contribution in [1.82, 2.24) is 10.6 Å². The molecule has 0 radical (unpaired) electrons. The molecule has 1 aliphatic rings. The van der Waals surface area contributed by atoms with Crippen molar-refractivity contribution in [3.8, 4) is 11.5 Å². The van der Waals surface area contributed by atoms with Crippen LogP contribution in [0.25, 0.3) is 0 Å². The van der Waals surface area contributed by atoms with Gasteiger partial charge in [0.05, 0.1) is 36.5 Å². The molecule has 0 aromatic heterocycles. The highest BCUT2D eigenvalue weighted by Crippen LogP contribution is 2.47. The monoisotopic (exact) mass is 444 g/mol. The molecule has 0 saturated carbocycles. The zero-order valence-corrected chi connectivity index (χ0v) is 18.7. The normalized spacial score (nSPS) is 16.4. The number of hydrogen-bond donors (Lipinski definition) is 2. The van der Waals surface area contributed by atoms with Gasteiger partial charge in [0.25, 0.3) is 0 Å². The molecule has 29 heavy (non-hydrogen) atoms. The maximum Gasteiger partial charge on any atom is 0.338 e. The van der Waals surface area contributed by atoms with Crippen LogP contribution in [0.15, 0.2) is 17.3 Å². The van der Waals surface area contributed by atoms with Crippen LogP contribution in [-0.4, -0.2) is 31.8 Å². The summed E-state index contributed by atoms with van der Waals surface area (Å²) >= 11 is 12.9. The highest BCUT2D eigenvalue weighted by Gasteiger charge is 2.37. The smallest absolute Gasteiger partial charge is 0.338 e. The van der Waals surface area contributed by atoms with E-state index < -0.39 is 18.0 Å². The first kappa shape index (κ1) is 23.2. The quantitative estimate of drug-likeness (QED) is 0.571. The summed E-state index contributed by atoms with van der Waals surface area (Å²) in [5.74, 6) is -0.0995. The maximum atomic E-state index is 12.8. The topological polar surface area (TPSA) is 85.9 Å².